The van der Waals surface area contributed by atoms with Crippen LogP contribution in [0.25, 0.3) is 0 Å². The summed E-state index contributed by atoms with van der Waals surface area (Å²) in [5, 5.41) is 0.930. The number of nitrogens with two attached hydrogens (primary N) is 1. The van der Waals surface area contributed by atoms with Crippen LogP contribution >= 0.6 is 11.3 Å². The van der Waals surface area contributed by atoms with E-state index in [1.54, 1.807) is 14.1 Å². The minimum Gasteiger partial charge on any atom is -0.486 e. The molecule has 0 fully saturated rings. The summed E-state index contributed by atoms with van der Waals surface area (Å²) >= 11 is 1.41. The van der Waals surface area contributed by atoms with Crippen molar-refractivity contribution in [2.45, 2.75) is 39.7 Å². The highest BCUT2D eigenvalue weighted by molar-refractivity contribution is 7.19. The van der Waals surface area contributed by atoms with E-state index in [2.05, 4.69) is 11.8 Å². The Bertz CT molecular complexity index is 484. The number of unbranched alkanes of at least 4 members (excludes halogenated alkanes) is 1. The first-order valence-corrected chi connectivity index (χ1v) is 8.12. The second-order valence-corrected chi connectivity index (χ2v) is 6.62. The summed E-state index contributed by atoms with van der Waals surface area (Å²) in [5.41, 5.74) is 6.62. The summed E-state index contributed by atoms with van der Waals surface area (Å²) in [6.07, 6.45) is 2.23. The molecule has 0 spiro atoms. The number of hydrogen-bond acceptors (Lipinski definition) is 5. The van der Waals surface area contributed by atoms with E-state index in [0.29, 0.717) is 16.3 Å². The van der Waals surface area contributed by atoms with Gasteiger partial charge in [-0.15, -0.1) is 11.3 Å². The van der Waals surface area contributed by atoms with Crippen LogP contribution < -0.4 is 15.4 Å². The molecule has 0 unspecified atom stereocenters. The van der Waals surface area contributed by atoms with E-state index in [1.807, 2.05) is 20.9 Å². The van der Waals surface area contributed by atoms with Gasteiger partial charge in [0.15, 0.2) is 5.75 Å². The molecule has 2 N–H and O–H groups in total. The summed E-state index contributed by atoms with van der Waals surface area (Å²) in [6, 6.07) is 0. The molecule has 0 aliphatic carbocycles. The molecule has 120 valence electrons. The zero-order chi connectivity index (χ0) is 16.2. The van der Waals surface area contributed by atoms with Crippen molar-refractivity contribution in [3.8, 4) is 5.75 Å². The predicted octanol–water partition coefficient (Wildman–Crippen LogP) is 3.06. The molecule has 1 aromatic rings. The van der Waals surface area contributed by atoms with E-state index in [9.17, 15) is 4.79 Å². The molecule has 1 aromatic heterocycles. The lowest BCUT2D eigenvalue weighted by Gasteiger charge is -2.20. The molecule has 6 heteroatoms. The molecular weight excluding hydrogens is 286 g/mol. The number of anilines is 2. The maximum Gasteiger partial charge on any atom is 0.265 e. The van der Waals surface area contributed by atoms with Gasteiger partial charge in [-0.05, 0) is 20.3 Å². The second kappa shape index (κ2) is 7.54. The van der Waals surface area contributed by atoms with Gasteiger partial charge in [-0.1, -0.05) is 13.3 Å². The van der Waals surface area contributed by atoms with Crippen molar-refractivity contribution >= 4 is 27.9 Å². The van der Waals surface area contributed by atoms with Gasteiger partial charge in [0.25, 0.3) is 5.91 Å². The Morgan fingerprint density at radius 3 is 2.43 bits per heavy atom. The summed E-state index contributed by atoms with van der Waals surface area (Å²) in [7, 11) is 5.47. The van der Waals surface area contributed by atoms with Gasteiger partial charge in [0.05, 0.1) is 6.10 Å². The maximum atomic E-state index is 12.2. The van der Waals surface area contributed by atoms with Crippen molar-refractivity contribution in [3.05, 3.63) is 4.88 Å². The van der Waals surface area contributed by atoms with Gasteiger partial charge >= 0.3 is 0 Å². The van der Waals surface area contributed by atoms with Crippen molar-refractivity contribution in [1.29, 1.82) is 0 Å². The Morgan fingerprint density at radius 1 is 1.33 bits per heavy atom. The summed E-state index contributed by atoms with van der Waals surface area (Å²) in [5.74, 6) is 0.556. The third kappa shape index (κ3) is 4.27. The van der Waals surface area contributed by atoms with E-state index in [1.165, 1.54) is 16.2 Å². The first-order valence-electron chi connectivity index (χ1n) is 7.31. The molecule has 21 heavy (non-hydrogen) atoms. The van der Waals surface area contributed by atoms with Gasteiger partial charge in [-0.3, -0.25) is 4.79 Å². The zero-order valence-electron chi connectivity index (χ0n) is 13.9. The van der Waals surface area contributed by atoms with Crippen molar-refractivity contribution < 1.29 is 9.53 Å². The van der Waals surface area contributed by atoms with Crippen molar-refractivity contribution in [2.24, 2.45) is 0 Å². The normalized spacial score (nSPS) is 10.8. The zero-order valence-corrected chi connectivity index (χ0v) is 14.7. The molecular formula is C15H27N3O2S. The van der Waals surface area contributed by atoms with Crippen LogP contribution in [0.4, 0.5) is 10.7 Å². The number of carbonyl (C=O) groups is 1. The third-order valence-electron chi connectivity index (χ3n) is 3.03. The Morgan fingerprint density at radius 2 is 1.95 bits per heavy atom. The smallest absolute Gasteiger partial charge is 0.265 e. The molecule has 5 nitrogen and oxygen atoms in total. The standard InChI is InChI=1S/C15H27N3O2S/c1-7-8-9-18(6)15-12(20-10(2)3)11(16)13(21-15)14(19)17(4)5/h10H,7-9,16H2,1-6H3. The van der Waals surface area contributed by atoms with E-state index in [0.717, 1.165) is 24.4 Å². The largest absolute Gasteiger partial charge is 0.486 e. The predicted molar refractivity (Wildman–Crippen MR) is 90.7 cm³/mol. The van der Waals surface area contributed by atoms with Gasteiger partial charge in [-0.2, -0.15) is 0 Å². The fourth-order valence-corrected chi connectivity index (χ4v) is 3.04. The summed E-state index contributed by atoms with van der Waals surface area (Å²) in [6.45, 7) is 6.99. The molecule has 0 atom stereocenters. The first kappa shape index (κ1) is 17.6. The number of rotatable bonds is 7. The Balaban J connectivity index is 3.20. The van der Waals surface area contributed by atoms with E-state index >= 15 is 0 Å². The van der Waals surface area contributed by atoms with Crippen molar-refractivity contribution in [1.82, 2.24) is 4.90 Å². The third-order valence-corrected chi connectivity index (χ3v) is 4.32. The maximum absolute atomic E-state index is 12.2. The number of carbonyl (C=O) groups excluding carboxylic acids is 1. The van der Waals surface area contributed by atoms with Crippen molar-refractivity contribution in [3.63, 3.8) is 0 Å². The van der Waals surface area contributed by atoms with Crippen LogP contribution in [0.1, 0.15) is 43.3 Å². The lowest BCUT2D eigenvalue weighted by atomic mass is 10.3. The van der Waals surface area contributed by atoms with Crippen LogP contribution in [0.3, 0.4) is 0 Å². The number of hydrogen-bond donors (Lipinski definition) is 1. The Labute approximate surface area is 131 Å². The minimum atomic E-state index is -0.0822. The fourth-order valence-electron chi connectivity index (χ4n) is 1.88. The lowest BCUT2D eigenvalue weighted by Crippen LogP contribution is -2.21. The summed E-state index contributed by atoms with van der Waals surface area (Å²) < 4.78 is 5.86. The fraction of sp³-hybridized carbons (Fsp3) is 0.667. The molecule has 1 rings (SSSR count). The number of amides is 1. The van der Waals surface area contributed by atoms with E-state index < -0.39 is 0 Å². The van der Waals surface area contributed by atoms with Crippen LogP contribution in [-0.4, -0.2) is 44.6 Å². The molecule has 1 amide bonds. The van der Waals surface area contributed by atoms with E-state index in [-0.39, 0.29) is 12.0 Å². The van der Waals surface area contributed by atoms with Crippen molar-refractivity contribution in [2.75, 3.05) is 38.3 Å². The van der Waals surface area contributed by atoms with Gasteiger partial charge in [0.1, 0.15) is 15.6 Å². The van der Waals surface area contributed by atoms with Crippen LogP contribution in [0.15, 0.2) is 0 Å². The monoisotopic (exact) mass is 313 g/mol. The topological polar surface area (TPSA) is 58.8 Å². The lowest BCUT2D eigenvalue weighted by molar-refractivity contribution is 0.0832. The SMILES string of the molecule is CCCCN(C)c1sc(C(=O)N(C)C)c(N)c1OC(C)C. The summed E-state index contributed by atoms with van der Waals surface area (Å²) in [4.78, 5) is 16.4. The van der Waals surface area contributed by atoms with E-state index in [4.69, 9.17) is 10.5 Å². The van der Waals surface area contributed by atoms with Gasteiger partial charge < -0.3 is 20.3 Å². The molecule has 0 aliphatic rings. The highest BCUT2D eigenvalue weighted by Gasteiger charge is 2.25. The minimum absolute atomic E-state index is 0.0162. The number of ether oxygens (including phenoxy) is 1. The number of nitrogen functional groups attached to an aromatic ring is 1. The first-order chi connectivity index (χ1) is 9.79. The van der Waals surface area contributed by atoms with Crippen LogP contribution in [0, 0.1) is 0 Å². The molecule has 0 bridgehead atoms. The Hall–Kier alpha value is -1.43. The molecule has 0 saturated heterocycles. The average Bonchev–Trinajstić information content (AvgIpc) is 2.72. The molecule has 0 aromatic carbocycles. The number of thiophene rings is 1. The molecule has 0 saturated carbocycles. The Kier molecular flexibility index (Phi) is 6.33. The van der Waals surface area contributed by atoms with Crippen LogP contribution in [0.5, 0.6) is 5.75 Å². The molecule has 0 radical (unpaired) electrons. The quantitative estimate of drug-likeness (QED) is 0.840. The second-order valence-electron chi connectivity index (χ2n) is 5.62. The molecule has 1 heterocycles. The molecule has 0 aliphatic heterocycles. The van der Waals surface area contributed by atoms with Crippen LogP contribution in [-0.2, 0) is 0 Å². The number of nitrogens with zero attached hydrogens (tertiary/aromatic N) is 2. The highest BCUT2D eigenvalue weighted by atomic mass is 32.1. The highest BCUT2D eigenvalue weighted by Crippen LogP contribution is 2.45. The average molecular weight is 313 g/mol. The van der Waals surface area contributed by atoms with Crippen LogP contribution in [0.2, 0.25) is 0 Å². The van der Waals surface area contributed by atoms with Gasteiger partial charge in [-0.25, -0.2) is 0 Å². The van der Waals surface area contributed by atoms with Gasteiger partial charge in [0.2, 0.25) is 0 Å². The van der Waals surface area contributed by atoms with Gasteiger partial charge in [0, 0.05) is 27.7 Å².